The number of hydrogen-bond acceptors (Lipinski definition) is 4. The molecule has 1 saturated heterocycles. The number of aromatic nitrogens is 2. The van der Waals surface area contributed by atoms with Crippen LogP contribution in [-0.2, 0) is 11.8 Å². The topological polar surface area (TPSA) is 88.5 Å². The molecule has 2 aromatic rings. The van der Waals surface area contributed by atoms with E-state index in [2.05, 4.69) is 15.7 Å². The highest BCUT2D eigenvalue weighted by atomic mass is 19.3. The van der Waals surface area contributed by atoms with Crippen molar-refractivity contribution in [1.82, 2.24) is 15.1 Å². The number of carbonyl (C=O) groups is 2. The summed E-state index contributed by atoms with van der Waals surface area (Å²) in [6.45, 7) is 2.78. The molecule has 0 bridgehead atoms. The maximum absolute atomic E-state index is 13.0. The molecule has 1 fully saturated rings. The smallest absolute Gasteiger partial charge is 0.414 e. The van der Waals surface area contributed by atoms with Crippen molar-refractivity contribution in [1.29, 1.82) is 0 Å². The summed E-state index contributed by atoms with van der Waals surface area (Å²) in [4.78, 5) is 25.5. The molecule has 0 aliphatic carbocycles. The van der Waals surface area contributed by atoms with Crippen LogP contribution >= 0.6 is 0 Å². The number of carbonyl (C=O) groups excluding carboxylic acids is 2. The zero-order valence-corrected chi connectivity index (χ0v) is 15.5. The number of alkyl halides is 2. The van der Waals surface area contributed by atoms with Gasteiger partial charge in [0.2, 0.25) is 0 Å². The Morgan fingerprint density at radius 2 is 2.00 bits per heavy atom. The molecule has 1 aliphatic heterocycles. The van der Waals surface area contributed by atoms with E-state index >= 15 is 0 Å². The molecule has 2 N–H and O–H groups in total. The van der Waals surface area contributed by atoms with Crippen molar-refractivity contribution < 1.29 is 23.1 Å². The van der Waals surface area contributed by atoms with Crippen molar-refractivity contribution in [3.8, 4) is 0 Å². The van der Waals surface area contributed by atoms with Crippen molar-refractivity contribution >= 4 is 23.5 Å². The number of ether oxygens (including phenoxy) is 1. The number of aryl methyl sites for hydroxylation is 1. The van der Waals surface area contributed by atoms with Gasteiger partial charge in [0, 0.05) is 25.5 Å². The van der Waals surface area contributed by atoms with Crippen LogP contribution in [0.25, 0.3) is 0 Å². The van der Waals surface area contributed by atoms with Gasteiger partial charge in [-0.05, 0) is 31.0 Å². The van der Waals surface area contributed by atoms with Gasteiger partial charge in [-0.25, -0.2) is 18.4 Å². The van der Waals surface area contributed by atoms with E-state index in [9.17, 15) is 18.4 Å². The summed E-state index contributed by atoms with van der Waals surface area (Å²) in [6, 6.07) is 6.12. The predicted molar refractivity (Wildman–Crippen MR) is 98.5 cm³/mol. The average molecular weight is 393 g/mol. The number of nitrogens with zero attached hydrogens (tertiary/aromatic N) is 3. The Morgan fingerprint density at radius 3 is 2.64 bits per heavy atom. The Balaban J connectivity index is 1.62. The third-order valence-corrected chi connectivity index (χ3v) is 4.34. The van der Waals surface area contributed by atoms with Crippen molar-refractivity contribution in [2.45, 2.75) is 25.8 Å². The number of nitrogens with one attached hydrogen (secondary N) is 2. The van der Waals surface area contributed by atoms with Crippen LogP contribution in [0.2, 0.25) is 0 Å². The largest absolute Gasteiger partial charge is 0.449 e. The van der Waals surface area contributed by atoms with Gasteiger partial charge in [-0.15, -0.1) is 0 Å². The monoisotopic (exact) mass is 393 g/mol. The summed E-state index contributed by atoms with van der Waals surface area (Å²) < 4.78 is 32.1. The Bertz CT molecular complexity index is 853. The molecule has 3 amide bonds. The SMILES string of the molecule is CC(NC(=O)Nc1cn(C)nc1C(F)F)c1ccc(N2CCCOC2=O)cc1. The number of hydrogen-bond donors (Lipinski definition) is 2. The molecule has 0 saturated carbocycles. The average Bonchev–Trinajstić information content (AvgIpc) is 3.02. The fraction of sp³-hybridized carbons (Fsp3) is 0.389. The maximum Gasteiger partial charge on any atom is 0.414 e. The second kappa shape index (κ2) is 8.24. The molecule has 1 aromatic carbocycles. The minimum Gasteiger partial charge on any atom is -0.449 e. The summed E-state index contributed by atoms with van der Waals surface area (Å²) in [6.07, 6.45) is -1.09. The summed E-state index contributed by atoms with van der Waals surface area (Å²) >= 11 is 0. The number of urea groups is 1. The summed E-state index contributed by atoms with van der Waals surface area (Å²) in [5.41, 5.74) is 0.982. The maximum atomic E-state index is 13.0. The van der Waals surface area contributed by atoms with E-state index in [1.54, 1.807) is 36.1 Å². The molecule has 10 heteroatoms. The molecule has 8 nitrogen and oxygen atoms in total. The fourth-order valence-electron chi connectivity index (χ4n) is 2.93. The third-order valence-electron chi connectivity index (χ3n) is 4.34. The Morgan fingerprint density at radius 1 is 1.29 bits per heavy atom. The van der Waals surface area contributed by atoms with Crippen LogP contribution in [0.4, 0.5) is 29.7 Å². The number of amides is 3. The van der Waals surface area contributed by atoms with Gasteiger partial charge < -0.3 is 15.4 Å². The highest BCUT2D eigenvalue weighted by Gasteiger charge is 2.22. The van der Waals surface area contributed by atoms with E-state index in [1.165, 1.54) is 17.9 Å². The lowest BCUT2D eigenvalue weighted by Crippen LogP contribution is -2.37. The first kappa shape index (κ1) is 19.6. The lowest BCUT2D eigenvalue weighted by Gasteiger charge is -2.26. The number of benzene rings is 1. The molecule has 1 unspecified atom stereocenters. The zero-order valence-electron chi connectivity index (χ0n) is 15.5. The number of cyclic esters (lactones) is 1. The van der Waals surface area contributed by atoms with E-state index < -0.39 is 18.2 Å². The van der Waals surface area contributed by atoms with Gasteiger partial charge >= 0.3 is 12.1 Å². The second-order valence-corrected chi connectivity index (χ2v) is 6.43. The fourth-order valence-corrected chi connectivity index (χ4v) is 2.93. The van der Waals surface area contributed by atoms with Crippen LogP contribution < -0.4 is 15.5 Å². The van der Waals surface area contributed by atoms with Crippen molar-refractivity contribution in [2.75, 3.05) is 23.4 Å². The van der Waals surface area contributed by atoms with E-state index in [4.69, 9.17) is 4.74 Å². The predicted octanol–water partition coefficient (Wildman–Crippen LogP) is 3.59. The molecule has 1 aromatic heterocycles. The first-order chi connectivity index (χ1) is 13.3. The van der Waals surface area contributed by atoms with E-state index in [0.717, 1.165) is 12.0 Å². The molecule has 28 heavy (non-hydrogen) atoms. The first-order valence-corrected chi connectivity index (χ1v) is 8.78. The lowest BCUT2D eigenvalue weighted by molar-refractivity contribution is 0.140. The lowest BCUT2D eigenvalue weighted by atomic mass is 10.1. The molecule has 1 atom stereocenters. The number of rotatable bonds is 5. The standard InChI is InChI=1S/C18H21F2N5O3/c1-11(21-17(26)22-14-10-24(2)23-15(14)16(19)20)12-4-6-13(7-5-12)25-8-3-9-28-18(25)27/h4-7,10-11,16H,3,8-9H2,1-2H3,(H2,21,22,26). The normalized spacial score (nSPS) is 15.3. The van der Waals surface area contributed by atoms with Crippen LogP contribution in [-0.4, -0.2) is 35.1 Å². The minimum atomic E-state index is -2.79. The molecule has 0 radical (unpaired) electrons. The van der Waals surface area contributed by atoms with Gasteiger partial charge in [-0.2, -0.15) is 5.10 Å². The van der Waals surface area contributed by atoms with Crippen molar-refractivity contribution in [2.24, 2.45) is 7.05 Å². The van der Waals surface area contributed by atoms with Crippen LogP contribution in [0, 0.1) is 0 Å². The molecular formula is C18H21F2N5O3. The Labute approximate surface area is 160 Å². The van der Waals surface area contributed by atoms with Crippen molar-refractivity contribution in [3.05, 3.63) is 41.7 Å². The van der Waals surface area contributed by atoms with Crippen LogP contribution in [0.15, 0.2) is 30.5 Å². The van der Waals surface area contributed by atoms with Crippen LogP contribution in [0.3, 0.4) is 0 Å². The molecule has 1 aliphatic rings. The first-order valence-electron chi connectivity index (χ1n) is 8.78. The molecule has 0 spiro atoms. The number of halogens is 2. The molecule has 3 rings (SSSR count). The third kappa shape index (κ3) is 4.38. The van der Waals surface area contributed by atoms with Crippen LogP contribution in [0.5, 0.6) is 0 Å². The quantitative estimate of drug-likeness (QED) is 0.813. The Kier molecular flexibility index (Phi) is 5.76. The molecule has 150 valence electrons. The zero-order chi connectivity index (χ0) is 20.3. The minimum absolute atomic E-state index is 0.0406. The second-order valence-electron chi connectivity index (χ2n) is 6.43. The van der Waals surface area contributed by atoms with Gasteiger partial charge in [0.25, 0.3) is 6.43 Å². The molecular weight excluding hydrogens is 372 g/mol. The van der Waals surface area contributed by atoms with Gasteiger partial charge in [0.15, 0.2) is 5.69 Å². The number of anilines is 2. The Hall–Kier alpha value is -3.17. The van der Waals surface area contributed by atoms with E-state index in [-0.39, 0.29) is 17.8 Å². The van der Waals surface area contributed by atoms with Gasteiger partial charge in [0.05, 0.1) is 18.3 Å². The van der Waals surface area contributed by atoms with E-state index in [0.29, 0.717) is 18.8 Å². The molecule has 2 heterocycles. The highest BCUT2D eigenvalue weighted by molar-refractivity contribution is 5.90. The van der Waals surface area contributed by atoms with Gasteiger partial charge in [-0.1, -0.05) is 12.1 Å². The van der Waals surface area contributed by atoms with Crippen LogP contribution in [0.1, 0.15) is 37.1 Å². The summed E-state index contributed by atoms with van der Waals surface area (Å²) in [7, 11) is 1.50. The summed E-state index contributed by atoms with van der Waals surface area (Å²) in [5.74, 6) is 0. The van der Waals surface area contributed by atoms with E-state index in [1.807, 2.05) is 0 Å². The van der Waals surface area contributed by atoms with Gasteiger partial charge in [-0.3, -0.25) is 9.58 Å². The van der Waals surface area contributed by atoms with Crippen molar-refractivity contribution in [3.63, 3.8) is 0 Å². The highest BCUT2D eigenvalue weighted by Crippen LogP contribution is 2.25. The summed E-state index contributed by atoms with van der Waals surface area (Å²) in [5, 5.41) is 8.73. The van der Waals surface area contributed by atoms with Gasteiger partial charge in [0.1, 0.15) is 0 Å².